The maximum absolute atomic E-state index is 13.5. The molecule has 35 heavy (non-hydrogen) atoms. The Bertz CT molecular complexity index is 1220. The second-order valence-corrected chi connectivity index (χ2v) is 9.57. The summed E-state index contributed by atoms with van der Waals surface area (Å²) >= 11 is 1.45. The van der Waals surface area contributed by atoms with E-state index in [9.17, 15) is 14.4 Å². The molecule has 0 spiro atoms. The molecule has 1 saturated heterocycles. The van der Waals surface area contributed by atoms with E-state index in [-0.39, 0.29) is 24.9 Å². The van der Waals surface area contributed by atoms with Crippen molar-refractivity contribution in [3.8, 4) is 0 Å². The summed E-state index contributed by atoms with van der Waals surface area (Å²) < 4.78 is 6.42. The molecule has 2 aliphatic heterocycles. The molecule has 0 radical (unpaired) electrons. The largest absolute Gasteiger partial charge is 0.379 e. The Hall–Kier alpha value is -2.85. The highest BCUT2D eigenvalue weighted by molar-refractivity contribution is 7.22. The van der Waals surface area contributed by atoms with E-state index in [1.54, 1.807) is 29.2 Å². The van der Waals surface area contributed by atoms with E-state index in [1.165, 1.54) is 11.3 Å². The van der Waals surface area contributed by atoms with Gasteiger partial charge in [0.2, 0.25) is 5.91 Å². The predicted molar refractivity (Wildman–Crippen MR) is 138 cm³/mol. The molecule has 0 unspecified atom stereocenters. The molecular weight excluding hydrogens is 488 g/mol. The van der Waals surface area contributed by atoms with E-state index in [0.717, 1.165) is 59.9 Å². The van der Waals surface area contributed by atoms with Gasteiger partial charge in [-0.1, -0.05) is 29.5 Å². The number of morpholine rings is 1. The van der Waals surface area contributed by atoms with Crippen LogP contribution in [0.15, 0.2) is 42.5 Å². The number of hydrogen-bond donors (Lipinski definition) is 0. The molecule has 0 bridgehead atoms. The van der Waals surface area contributed by atoms with Crippen LogP contribution in [0.3, 0.4) is 0 Å². The second kappa shape index (κ2) is 10.8. The second-order valence-electron chi connectivity index (χ2n) is 8.56. The number of thiazole rings is 1. The van der Waals surface area contributed by atoms with Gasteiger partial charge in [0.1, 0.15) is 6.54 Å². The van der Waals surface area contributed by atoms with Gasteiger partial charge in [0, 0.05) is 26.2 Å². The van der Waals surface area contributed by atoms with Gasteiger partial charge < -0.3 is 4.74 Å². The normalized spacial score (nSPS) is 15.9. The third-order valence-electron chi connectivity index (χ3n) is 6.20. The van der Waals surface area contributed by atoms with Crippen LogP contribution in [0.2, 0.25) is 0 Å². The fourth-order valence-corrected chi connectivity index (χ4v) is 5.45. The highest BCUT2D eigenvalue weighted by Crippen LogP contribution is 2.30. The summed E-state index contributed by atoms with van der Waals surface area (Å²) in [7, 11) is 0. The van der Waals surface area contributed by atoms with Crippen LogP contribution >= 0.6 is 23.7 Å². The fourth-order valence-electron chi connectivity index (χ4n) is 4.34. The third kappa shape index (κ3) is 5.23. The number of aromatic nitrogens is 1. The Kier molecular flexibility index (Phi) is 7.81. The average Bonchev–Trinajstić information content (AvgIpc) is 3.37. The number of ether oxygens (including phenoxy) is 1. The van der Waals surface area contributed by atoms with Crippen LogP contribution in [-0.2, 0) is 9.53 Å². The van der Waals surface area contributed by atoms with Crippen LogP contribution in [0.4, 0.5) is 5.13 Å². The topological polar surface area (TPSA) is 83.1 Å². The lowest BCUT2D eigenvalue weighted by molar-refractivity contribution is -0.119. The molecule has 8 nitrogen and oxygen atoms in total. The summed E-state index contributed by atoms with van der Waals surface area (Å²) in [6.45, 7) is 6.21. The zero-order valence-corrected chi connectivity index (χ0v) is 21.1. The van der Waals surface area contributed by atoms with E-state index < -0.39 is 11.8 Å². The van der Waals surface area contributed by atoms with Crippen molar-refractivity contribution in [2.24, 2.45) is 0 Å². The van der Waals surface area contributed by atoms with E-state index in [2.05, 4.69) is 11.0 Å². The first kappa shape index (κ1) is 25.2. The molecule has 3 amide bonds. The first-order chi connectivity index (χ1) is 16.5. The minimum atomic E-state index is -0.429. The molecule has 0 N–H and O–H groups in total. The van der Waals surface area contributed by atoms with E-state index in [4.69, 9.17) is 9.72 Å². The third-order valence-corrected chi connectivity index (χ3v) is 7.24. The van der Waals surface area contributed by atoms with E-state index in [1.807, 2.05) is 19.1 Å². The lowest BCUT2D eigenvalue weighted by Gasteiger charge is -2.28. The summed E-state index contributed by atoms with van der Waals surface area (Å²) in [5, 5.41) is 0.587. The number of aryl methyl sites for hydroxylation is 1. The molecule has 5 rings (SSSR count). The van der Waals surface area contributed by atoms with Crippen molar-refractivity contribution in [2.45, 2.75) is 13.3 Å². The molecule has 3 aromatic rings. The zero-order valence-electron chi connectivity index (χ0n) is 19.4. The molecular formula is C25H27ClN4O4S. The monoisotopic (exact) mass is 514 g/mol. The van der Waals surface area contributed by atoms with Crippen molar-refractivity contribution in [3.63, 3.8) is 0 Å². The SMILES string of the molecule is Cc1ccc2nc(N(CCCN3CCOCC3)C(=O)CN3C(=O)c4ccccc4C3=O)sc2c1.Cl. The number of amides is 3. The number of carbonyl (C=O) groups excluding carboxylic acids is 3. The number of benzene rings is 2. The number of rotatable bonds is 7. The smallest absolute Gasteiger partial charge is 0.262 e. The zero-order chi connectivity index (χ0) is 23.7. The number of imide groups is 1. The molecule has 0 atom stereocenters. The van der Waals surface area contributed by atoms with Gasteiger partial charge >= 0.3 is 0 Å². The Morgan fingerprint density at radius 1 is 1.09 bits per heavy atom. The molecule has 0 aliphatic carbocycles. The number of anilines is 1. The van der Waals surface area contributed by atoms with Gasteiger partial charge in [-0.2, -0.15) is 0 Å². The van der Waals surface area contributed by atoms with Crippen LogP contribution < -0.4 is 4.90 Å². The van der Waals surface area contributed by atoms with Crippen molar-refractivity contribution in [1.29, 1.82) is 0 Å². The van der Waals surface area contributed by atoms with Crippen molar-refractivity contribution in [1.82, 2.24) is 14.8 Å². The summed E-state index contributed by atoms with van der Waals surface area (Å²) in [4.78, 5) is 48.8. The Labute approximate surface area is 213 Å². The minimum absolute atomic E-state index is 0. The van der Waals surface area contributed by atoms with Gasteiger partial charge in [-0.3, -0.25) is 29.1 Å². The Morgan fingerprint density at radius 3 is 2.46 bits per heavy atom. The van der Waals surface area contributed by atoms with Gasteiger partial charge in [-0.15, -0.1) is 12.4 Å². The number of halogens is 1. The van der Waals surface area contributed by atoms with Crippen molar-refractivity contribution in [2.75, 3.05) is 50.8 Å². The first-order valence-electron chi connectivity index (χ1n) is 11.4. The van der Waals surface area contributed by atoms with Crippen LogP contribution in [-0.4, -0.2) is 78.4 Å². The Morgan fingerprint density at radius 2 is 1.77 bits per heavy atom. The lowest BCUT2D eigenvalue weighted by Crippen LogP contribution is -2.44. The maximum Gasteiger partial charge on any atom is 0.262 e. The van der Waals surface area contributed by atoms with Crippen LogP contribution in [0.5, 0.6) is 0 Å². The highest BCUT2D eigenvalue weighted by atomic mass is 35.5. The average molecular weight is 515 g/mol. The van der Waals surface area contributed by atoms with Gasteiger partial charge in [0.25, 0.3) is 11.8 Å². The number of carbonyl (C=O) groups is 3. The molecule has 3 heterocycles. The maximum atomic E-state index is 13.5. The minimum Gasteiger partial charge on any atom is -0.379 e. The standard InChI is InChI=1S/C25H26N4O4S.ClH/c1-17-7-8-20-21(15-17)34-25(26-20)28(10-4-9-27-11-13-33-14-12-27)22(30)16-29-23(31)18-5-2-3-6-19(18)24(29)32;/h2-3,5-8,15H,4,9-14,16H2,1H3;1H. The van der Waals surface area contributed by atoms with Crippen LogP contribution in [0, 0.1) is 6.92 Å². The molecule has 10 heteroatoms. The van der Waals surface area contributed by atoms with Crippen molar-refractivity contribution in [3.05, 3.63) is 59.2 Å². The molecule has 1 aromatic heterocycles. The molecule has 2 aromatic carbocycles. The lowest BCUT2D eigenvalue weighted by atomic mass is 10.1. The predicted octanol–water partition coefficient (Wildman–Crippen LogP) is 3.38. The number of hydrogen-bond acceptors (Lipinski definition) is 7. The van der Waals surface area contributed by atoms with Crippen molar-refractivity contribution < 1.29 is 19.1 Å². The molecule has 1 fully saturated rings. The summed E-state index contributed by atoms with van der Waals surface area (Å²) in [5.74, 6) is -1.17. The fraction of sp³-hybridized carbons (Fsp3) is 0.360. The molecule has 0 saturated carbocycles. The van der Waals surface area contributed by atoms with E-state index >= 15 is 0 Å². The van der Waals surface area contributed by atoms with Gasteiger partial charge in [0.15, 0.2) is 5.13 Å². The summed E-state index contributed by atoms with van der Waals surface area (Å²) in [6, 6.07) is 12.7. The quantitative estimate of drug-likeness (QED) is 0.449. The highest BCUT2D eigenvalue weighted by Gasteiger charge is 2.37. The van der Waals surface area contributed by atoms with E-state index in [0.29, 0.717) is 22.8 Å². The first-order valence-corrected chi connectivity index (χ1v) is 12.3. The molecule has 184 valence electrons. The Balaban J connectivity index is 0.00000289. The van der Waals surface area contributed by atoms with Gasteiger partial charge in [-0.25, -0.2) is 4.98 Å². The number of fused-ring (bicyclic) bond motifs is 2. The van der Waals surface area contributed by atoms with Crippen LogP contribution in [0.1, 0.15) is 32.7 Å². The summed E-state index contributed by atoms with van der Waals surface area (Å²) in [5.41, 5.74) is 2.64. The van der Waals surface area contributed by atoms with Crippen molar-refractivity contribution >= 4 is 56.8 Å². The van der Waals surface area contributed by atoms with Crippen LogP contribution in [0.25, 0.3) is 10.2 Å². The van der Waals surface area contributed by atoms with Gasteiger partial charge in [0.05, 0.1) is 34.6 Å². The number of nitrogens with zero attached hydrogens (tertiary/aromatic N) is 4. The molecule has 2 aliphatic rings. The summed E-state index contributed by atoms with van der Waals surface area (Å²) in [6.07, 6.45) is 0.753. The van der Waals surface area contributed by atoms with Gasteiger partial charge in [-0.05, 0) is 43.2 Å².